The molecule has 14 aliphatic carbocycles. The highest BCUT2D eigenvalue weighted by Crippen LogP contribution is 2.54. The van der Waals surface area contributed by atoms with Crippen LogP contribution in [0.25, 0.3) is 0 Å². The highest BCUT2D eigenvalue weighted by atomic mass is 15.3. The molecule has 0 aromatic carbocycles. The van der Waals surface area contributed by atoms with E-state index in [4.69, 9.17) is 0 Å². The first-order chi connectivity index (χ1) is 47.2. The maximum atomic E-state index is 3.54. The second-order valence-electron chi connectivity index (χ2n) is 39.3. The van der Waals surface area contributed by atoms with Gasteiger partial charge in [0.1, 0.15) is 0 Å². The van der Waals surface area contributed by atoms with Crippen molar-refractivity contribution in [2.24, 2.45) is 107 Å². The van der Waals surface area contributed by atoms with Gasteiger partial charge in [0, 0.05) is 36.3 Å². The summed E-state index contributed by atoms with van der Waals surface area (Å²) in [5.74, 6) is 16.3. The van der Waals surface area contributed by atoms with Crippen LogP contribution >= 0.6 is 0 Å². The van der Waals surface area contributed by atoms with Crippen LogP contribution in [-0.2, 0) is 0 Å². The maximum Gasteiger partial charge on any atom is 0.0133 e. The summed E-state index contributed by atoms with van der Waals surface area (Å²) in [5.41, 5.74) is 8.07. The number of allylic oxidation sites excluding steroid dienone is 8. The normalized spacial score (nSPS) is 42.1. The van der Waals surface area contributed by atoms with Crippen LogP contribution in [0.3, 0.4) is 0 Å². The molecule has 14 rings (SSSR count). The molecule has 0 heterocycles. The Balaban J connectivity index is 0.734. The summed E-state index contributed by atoms with van der Waals surface area (Å²) in [4.78, 5) is 7.09. The summed E-state index contributed by atoms with van der Waals surface area (Å²) in [5, 5.41) is 0. The van der Waals surface area contributed by atoms with Crippen molar-refractivity contribution in [1.29, 1.82) is 0 Å². The minimum absolute atomic E-state index is 0.820. The molecule has 2 heteroatoms. The van der Waals surface area contributed by atoms with E-state index in [1.165, 1.54) is 360 Å². The molecule has 0 spiro atoms. The van der Waals surface area contributed by atoms with Crippen molar-refractivity contribution in [3.8, 4) is 0 Å². The second kappa shape index (κ2) is 35.6. The Hall–Kier alpha value is -1.12. The first kappa shape index (κ1) is 71.9. The van der Waals surface area contributed by atoms with Gasteiger partial charge in [0.15, 0.2) is 0 Å². The van der Waals surface area contributed by atoms with Crippen molar-refractivity contribution in [3.63, 3.8) is 0 Å². The predicted octanol–water partition coefficient (Wildman–Crippen LogP) is 27.5. The van der Waals surface area contributed by atoms with Gasteiger partial charge in [0.2, 0.25) is 0 Å². The molecule has 96 heavy (non-hydrogen) atoms. The van der Waals surface area contributed by atoms with E-state index in [0.717, 1.165) is 143 Å². The van der Waals surface area contributed by atoms with Crippen LogP contribution in [0.1, 0.15) is 400 Å². The number of nitrogens with zero attached hydrogens (tertiary/aromatic N) is 2. The van der Waals surface area contributed by atoms with E-state index < -0.39 is 0 Å². The van der Waals surface area contributed by atoms with Gasteiger partial charge in [-0.05, 0) is 338 Å². The van der Waals surface area contributed by atoms with Gasteiger partial charge in [-0.3, -0.25) is 9.80 Å². The van der Waals surface area contributed by atoms with Gasteiger partial charge in [0.25, 0.3) is 0 Å². The zero-order valence-corrected chi connectivity index (χ0v) is 64.1. The summed E-state index contributed by atoms with van der Waals surface area (Å²) in [7, 11) is 0. The lowest BCUT2D eigenvalue weighted by atomic mass is 9.63. The summed E-state index contributed by atoms with van der Waals surface area (Å²) in [6, 6.07) is 4.94. The third-order valence-corrected chi connectivity index (χ3v) is 33.0. The van der Waals surface area contributed by atoms with Gasteiger partial charge in [0.05, 0.1) is 0 Å². The Morgan fingerprint density at radius 2 is 0.375 bits per heavy atom. The maximum absolute atomic E-state index is 3.54. The molecule has 0 aromatic heterocycles. The quantitative estimate of drug-likeness (QED) is 0.126. The van der Waals surface area contributed by atoms with Gasteiger partial charge < -0.3 is 0 Å². The number of fused-ring (bicyclic) bond motifs is 1. The van der Waals surface area contributed by atoms with Crippen LogP contribution in [0.4, 0.5) is 0 Å². The minimum Gasteiger partial charge on any atom is -0.294 e. The Morgan fingerprint density at radius 1 is 0.188 bits per heavy atom. The number of hydrogen-bond acceptors (Lipinski definition) is 2. The lowest BCUT2D eigenvalue weighted by molar-refractivity contribution is -0.0877. The molecule has 0 N–H and O–H groups in total. The highest BCUT2D eigenvalue weighted by Gasteiger charge is 2.51. The van der Waals surface area contributed by atoms with Crippen LogP contribution < -0.4 is 0 Å². The van der Waals surface area contributed by atoms with Crippen molar-refractivity contribution in [2.45, 2.75) is 436 Å². The molecule has 4 unspecified atom stereocenters. The van der Waals surface area contributed by atoms with Crippen LogP contribution in [0.5, 0.6) is 0 Å². The van der Waals surface area contributed by atoms with Gasteiger partial charge >= 0.3 is 0 Å². The summed E-state index contributed by atoms with van der Waals surface area (Å²) in [6.45, 7) is 10.2. The van der Waals surface area contributed by atoms with Crippen LogP contribution in [-0.4, -0.2) is 46.1 Å². The van der Waals surface area contributed by atoms with E-state index in [2.05, 4.69) is 61.8 Å². The molecular weight excluding hydrogens is 1160 g/mol. The largest absolute Gasteiger partial charge is 0.294 e. The van der Waals surface area contributed by atoms with Crippen LogP contribution in [0.2, 0.25) is 0 Å². The van der Waals surface area contributed by atoms with Crippen molar-refractivity contribution < 1.29 is 0 Å². The van der Waals surface area contributed by atoms with E-state index in [-0.39, 0.29) is 0 Å². The molecule has 542 valence electrons. The Kier molecular flexibility index (Phi) is 26.6. The van der Waals surface area contributed by atoms with Gasteiger partial charge in [-0.2, -0.15) is 0 Å². The summed E-state index contributed by atoms with van der Waals surface area (Å²) in [6.07, 6.45) is 99.1. The zero-order chi connectivity index (χ0) is 65.2. The molecule has 0 amide bonds. The third kappa shape index (κ3) is 18.3. The van der Waals surface area contributed by atoms with E-state index in [0.29, 0.717) is 0 Å². The van der Waals surface area contributed by atoms with Gasteiger partial charge in [-0.25, -0.2) is 0 Å². The monoisotopic (exact) mass is 1310 g/mol. The van der Waals surface area contributed by atoms with E-state index in [1.54, 1.807) is 12.8 Å². The molecular formula is C94H156N2. The first-order valence-corrected chi connectivity index (χ1v) is 45.6. The van der Waals surface area contributed by atoms with Gasteiger partial charge in [-0.15, -0.1) is 0 Å². The van der Waals surface area contributed by atoms with Crippen molar-refractivity contribution in [2.75, 3.05) is 0 Å². The Morgan fingerprint density at radius 3 is 0.583 bits per heavy atom. The molecule has 14 saturated carbocycles. The van der Waals surface area contributed by atoms with Crippen molar-refractivity contribution >= 4 is 0 Å². The lowest BCUT2D eigenvalue weighted by Crippen LogP contribution is -2.62. The summed E-state index contributed by atoms with van der Waals surface area (Å²) < 4.78 is 0. The van der Waals surface area contributed by atoms with Crippen molar-refractivity contribution in [1.82, 2.24) is 9.80 Å². The van der Waals surface area contributed by atoms with Crippen molar-refractivity contribution in [3.05, 3.63) is 46.6 Å². The zero-order valence-electron chi connectivity index (χ0n) is 64.1. The molecule has 0 saturated heterocycles. The average molecular weight is 1310 g/mol. The standard InChI is InChI=1S/C94H156N2/c1-67-29-45-79(46-30-67)89(75-19-9-5-10-20-75)63-71-37-53-83(54-38-71)95(84-55-39-72(40-56-84)64-90(76-21-11-6-12-22-76)80-47-31-68(2)32-48-80)93-61-62-94(88-28-18-17-27-87(88)93)96(85-57-41-73(42-58-85)65-91(77-23-13-7-14-24-77)81-49-33-69(3)34-50-81)86-59-43-74(44-60-86)66-92(78-25-15-8-16-26-78)82-51-35-70(4)36-52-82/h63-88,93-94H,5-62H2,1-4H3/b89-63+,90-64+,91-65+,92-66+. The van der Waals surface area contributed by atoms with Gasteiger partial charge in [-0.1, -0.05) is 216 Å². The smallest absolute Gasteiger partial charge is 0.0133 e. The lowest BCUT2D eigenvalue weighted by Gasteiger charge is -2.59. The first-order valence-electron chi connectivity index (χ1n) is 45.6. The Labute approximate surface area is 595 Å². The van der Waals surface area contributed by atoms with E-state index in [9.17, 15) is 0 Å². The highest BCUT2D eigenvalue weighted by molar-refractivity contribution is 5.20. The van der Waals surface area contributed by atoms with Crippen LogP contribution in [0, 0.1) is 107 Å². The topological polar surface area (TPSA) is 6.48 Å². The van der Waals surface area contributed by atoms with E-state index >= 15 is 0 Å². The molecule has 0 bridgehead atoms. The molecule has 0 radical (unpaired) electrons. The third-order valence-electron chi connectivity index (χ3n) is 33.0. The molecule has 14 fully saturated rings. The average Bonchev–Trinajstić information content (AvgIpc) is 0.763. The fraction of sp³-hybridized carbons (Fsp3) is 0.915. The number of rotatable bonds is 18. The predicted molar refractivity (Wildman–Crippen MR) is 412 cm³/mol. The SMILES string of the molecule is CC1CCC(/C(=C/C2CCC(N(C3CCC(/C=C(\C4CCCCC4)C4CCC(C)CC4)CC3)C3CCC(N(C4CCC(/C=C(\C5CCCCC5)C5CCC(C)CC5)CC4)C4CCC(/C=C(\C5CCCCC5)C5CCC(C)CC5)CC4)C4CCCCC43)CC2)C2CCCCC2)CC1. The second-order valence-corrected chi connectivity index (χ2v) is 39.3. The molecule has 14 aliphatic rings. The minimum atomic E-state index is 0.820. The molecule has 2 nitrogen and oxygen atoms in total. The molecule has 0 aromatic rings. The Bertz CT molecular complexity index is 2070. The molecule has 0 aliphatic heterocycles. The fourth-order valence-corrected chi connectivity index (χ4v) is 27.2. The van der Waals surface area contributed by atoms with E-state index in [1.807, 2.05) is 22.3 Å². The molecule has 4 atom stereocenters. The fourth-order valence-electron chi connectivity index (χ4n) is 27.2. The number of hydrogen-bond donors (Lipinski definition) is 0. The summed E-state index contributed by atoms with van der Waals surface area (Å²) >= 11 is 0. The van der Waals surface area contributed by atoms with Crippen LogP contribution in [0.15, 0.2) is 46.6 Å².